The Morgan fingerprint density at radius 2 is 2.14 bits per heavy atom. The molecule has 1 aliphatic heterocycles. The zero-order valence-electron chi connectivity index (χ0n) is 20.4. The molecule has 8 heteroatoms. The van der Waals surface area contributed by atoms with Gasteiger partial charge in [0.1, 0.15) is 0 Å². The molecule has 0 fully saturated rings. The van der Waals surface area contributed by atoms with Gasteiger partial charge in [0.15, 0.2) is 0 Å². The lowest BCUT2D eigenvalue weighted by molar-refractivity contribution is -0.387. The molecule has 1 aliphatic rings. The standard InChI is InChI=1S/C28H26FN5O2/c1-4-18-13-23(29)25(34(35)36)14-24(18)31-28-30-15-20(11-10-17(2)3)26(32-28)22-16-33-12-6-8-19-7-5-9-21(22)27(19)33/h5,7,9,13-17H,4,6,8,12H2,1-3H3,(H,30,31,32). The van der Waals surface area contributed by atoms with E-state index in [1.165, 1.54) is 23.2 Å². The topological polar surface area (TPSA) is 85.9 Å². The monoisotopic (exact) mass is 483 g/mol. The number of rotatable bonds is 5. The fraction of sp³-hybridized carbons (Fsp3) is 0.286. The average Bonchev–Trinajstić information content (AvgIpc) is 3.24. The highest BCUT2D eigenvalue weighted by Crippen LogP contribution is 2.36. The Kier molecular flexibility index (Phi) is 6.15. The lowest BCUT2D eigenvalue weighted by atomic mass is 10.0. The number of aromatic nitrogens is 3. The van der Waals surface area contributed by atoms with Crippen LogP contribution in [-0.2, 0) is 19.4 Å². The Balaban J connectivity index is 1.66. The van der Waals surface area contributed by atoms with Crippen molar-refractivity contribution in [3.05, 3.63) is 75.3 Å². The van der Waals surface area contributed by atoms with E-state index in [0.29, 0.717) is 28.9 Å². The summed E-state index contributed by atoms with van der Waals surface area (Å²) >= 11 is 0. The van der Waals surface area contributed by atoms with Crippen LogP contribution in [0.3, 0.4) is 0 Å². The van der Waals surface area contributed by atoms with Crippen LogP contribution in [0.4, 0.5) is 21.7 Å². The molecule has 0 amide bonds. The van der Waals surface area contributed by atoms with Crippen molar-refractivity contribution in [1.29, 1.82) is 0 Å². The molecule has 2 aromatic heterocycles. The second kappa shape index (κ2) is 9.42. The summed E-state index contributed by atoms with van der Waals surface area (Å²) in [4.78, 5) is 19.9. The van der Waals surface area contributed by atoms with E-state index < -0.39 is 16.4 Å². The third kappa shape index (κ3) is 4.29. The number of hydrogen-bond donors (Lipinski definition) is 1. The van der Waals surface area contributed by atoms with Gasteiger partial charge in [-0.2, -0.15) is 4.39 Å². The third-order valence-corrected chi connectivity index (χ3v) is 6.36. The Morgan fingerprint density at radius 1 is 1.31 bits per heavy atom. The van der Waals surface area contributed by atoms with E-state index in [9.17, 15) is 14.5 Å². The summed E-state index contributed by atoms with van der Waals surface area (Å²) in [5, 5.41) is 15.5. The molecule has 182 valence electrons. The largest absolute Gasteiger partial charge is 0.347 e. The first-order valence-electron chi connectivity index (χ1n) is 12.1. The lowest BCUT2D eigenvalue weighted by Gasteiger charge is -2.14. The number of nitrogens with zero attached hydrogens (tertiary/aromatic N) is 4. The van der Waals surface area contributed by atoms with Gasteiger partial charge in [0, 0.05) is 41.9 Å². The number of nitro groups is 1. The second-order valence-corrected chi connectivity index (χ2v) is 9.23. The van der Waals surface area contributed by atoms with Crippen molar-refractivity contribution in [3.8, 4) is 23.1 Å². The zero-order chi connectivity index (χ0) is 25.4. The molecule has 0 aliphatic carbocycles. The average molecular weight is 484 g/mol. The number of nitrogens with one attached hydrogen (secondary N) is 1. The van der Waals surface area contributed by atoms with Crippen LogP contribution >= 0.6 is 0 Å². The van der Waals surface area contributed by atoms with Gasteiger partial charge < -0.3 is 9.88 Å². The maximum atomic E-state index is 14.2. The Labute approximate surface area is 208 Å². The Hall–Kier alpha value is -4.25. The summed E-state index contributed by atoms with van der Waals surface area (Å²) < 4.78 is 16.5. The van der Waals surface area contributed by atoms with Crippen LogP contribution in [0.1, 0.15) is 43.9 Å². The van der Waals surface area contributed by atoms with Gasteiger partial charge in [0.25, 0.3) is 0 Å². The van der Waals surface area contributed by atoms with Gasteiger partial charge in [-0.15, -0.1) is 0 Å². The molecule has 5 rings (SSSR count). The maximum Gasteiger partial charge on any atom is 0.306 e. The first-order valence-corrected chi connectivity index (χ1v) is 12.1. The van der Waals surface area contributed by atoms with Gasteiger partial charge in [0.05, 0.1) is 27.4 Å². The van der Waals surface area contributed by atoms with Gasteiger partial charge in [-0.05, 0) is 36.5 Å². The summed E-state index contributed by atoms with van der Waals surface area (Å²) in [7, 11) is 0. The van der Waals surface area contributed by atoms with Crippen molar-refractivity contribution < 1.29 is 9.31 Å². The van der Waals surface area contributed by atoms with Crippen LogP contribution in [0, 0.1) is 33.7 Å². The van der Waals surface area contributed by atoms with E-state index in [-0.39, 0.29) is 11.9 Å². The normalized spacial score (nSPS) is 12.5. The van der Waals surface area contributed by atoms with E-state index in [1.54, 1.807) is 6.20 Å². The number of benzene rings is 2. The summed E-state index contributed by atoms with van der Waals surface area (Å²) in [6, 6.07) is 8.73. The van der Waals surface area contributed by atoms with Crippen molar-refractivity contribution in [2.24, 2.45) is 5.92 Å². The predicted molar refractivity (Wildman–Crippen MR) is 139 cm³/mol. The quantitative estimate of drug-likeness (QED) is 0.202. The van der Waals surface area contributed by atoms with Crippen molar-refractivity contribution in [2.45, 2.75) is 46.6 Å². The van der Waals surface area contributed by atoms with Gasteiger partial charge in [-0.3, -0.25) is 10.1 Å². The molecular weight excluding hydrogens is 457 g/mol. The minimum absolute atomic E-state index is 0.178. The zero-order valence-corrected chi connectivity index (χ0v) is 20.4. The minimum atomic E-state index is -0.863. The van der Waals surface area contributed by atoms with Gasteiger partial charge >= 0.3 is 5.69 Å². The van der Waals surface area contributed by atoms with Crippen LogP contribution < -0.4 is 5.32 Å². The van der Waals surface area contributed by atoms with E-state index in [4.69, 9.17) is 4.98 Å². The van der Waals surface area contributed by atoms with E-state index in [1.807, 2.05) is 20.8 Å². The molecule has 0 unspecified atom stereocenters. The first-order chi connectivity index (χ1) is 17.4. The molecular formula is C28H26FN5O2. The van der Waals surface area contributed by atoms with Crippen LogP contribution in [0.5, 0.6) is 0 Å². The number of hydrogen-bond acceptors (Lipinski definition) is 5. The lowest BCUT2D eigenvalue weighted by Crippen LogP contribution is -2.05. The highest BCUT2D eigenvalue weighted by Gasteiger charge is 2.21. The number of nitro benzene ring substituents is 1. The minimum Gasteiger partial charge on any atom is -0.347 e. The summed E-state index contributed by atoms with van der Waals surface area (Å²) in [6.45, 7) is 6.85. The molecule has 0 bridgehead atoms. The Bertz CT molecular complexity index is 1560. The highest BCUT2D eigenvalue weighted by atomic mass is 19.1. The Morgan fingerprint density at radius 3 is 2.89 bits per heavy atom. The summed E-state index contributed by atoms with van der Waals surface area (Å²) in [6.07, 6.45) is 6.41. The summed E-state index contributed by atoms with van der Waals surface area (Å²) in [5.74, 6) is 6.01. The molecule has 0 saturated carbocycles. The van der Waals surface area contributed by atoms with Crippen LogP contribution in [0.2, 0.25) is 0 Å². The molecule has 2 aromatic carbocycles. The molecule has 0 radical (unpaired) electrons. The van der Waals surface area contributed by atoms with Crippen LogP contribution in [0.15, 0.2) is 42.7 Å². The van der Waals surface area contributed by atoms with E-state index in [2.05, 4.69) is 51.1 Å². The molecule has 1 N–H and O–H groups in total. The fourth-order valence-corrected chi connectivity index (χ4v) is 4.68. The highest BCUT2D eigenvalue weighted by molar-refractivity contribution is 5.98. The van der Waals surface area contributed by atoms with Gasteiger partial charge in [0.2, 0.25) is 11.8 Å². The van der Waals surface area contributed by atoms with Crippen LogP contribution in [-0.4, -0.2) is 19.5 Å². The molecule has 36 heavy (non-hydrogen) atoms. The molecule has 3 heterocycles. The summed E-state index contributed by atoms with van der Waals surface area (Å²) in [5.41, 5.74) is 5.31. The molecule has 0 saturated heterocycles. The smallest absolute Gasteiger partial charge is 0.306 e. The van der Waals surface area contributed by atoms with Gasteiger partial charge in [-0.1, -0.05) is 50.8 Å². The van der Waals surface area contributed by atoms with Crippen molar-refractivity contribution in [1.82, 2.24) is 14.5 Å². The first kappa shape index (κ1) is 23.5. The van der Waals surface area contributed by atoms with Crippen molar-refractivity contribution in [2.75, 3.05) is 5.32 Å². The fourth-order valence-electron chi connectivity index (χ4n) is 4.68. The third-order valence-electron chi connectivity index (χ3n) is 6.36. The maximum absolute atomic E-state index is 14.2. The second-order valence-electron chi connectivity index (χ2n) is 9.23. The number of para-hydroxylation sites is 1. The number of halogens is 1. The van der Waals surface area contributed by atoms with Gasteiger partial charge in [-0.25, -0.2) is 9.97 Å². The molecule has 0 atom stereocenters. The van der Waals surface area contributed by atoms with Crippen molar-refractivity contribution in [3.63, 3.8) is 0 Å². The molecule has 7 nitrogen and oxygen atoms in total. The molecule has 0 spiro atoms. The van der Waals surface area contributed by atoms with Crippen molar-refractivity contribution >= 4 is 28.2 Å². The number of aryl methyl sites for hydroxylation is 3. The van der Waals surface area contributed by atoms with E-state index >= 15 is 0 Å². The van der Waals surface area contributed by atoms with Crippen LogP contribution in [0.25, 0.3) is 22.2 Å². The SMILES string of the molecule is CCc1cc(F)c([N+](=O)[O-])cc1Nc1ncc(C#CC(C)C)c(-c2cn3c4c(cccc24)CCC3)n1. The predicted octanol–water partition coefficient (Wildman–Crippen LogP) is 6.41. The molecule has 4 aromatic rings. The number of anilines is 2. The van der Waals surface area contributed by atoms with E-state index in [0.717, 1.165) is 30.3 Å².